The number of aryl methyl sites for hydroxylation is 1. The smallest absolute Gasteiger partial charge is 0.261 e. The van der Waals surface area contributed by atoms with Crippen molar-refractivity contribution in [1.29, 1.82) is 0 Å². The second-order valence-corrected chi connectivity index (χ2v) is 5.67. The second-order valence-electron chi connectivity index (χ2n) is 5.67. The van der Waals surface area contributed by atoms with Gasteiger partial charge in [0.2, 0.25) is 11.7 Å². The van der Waals surface area contributed by atoms with Crippen molar-refractivity contribution in [3.05, 3.63) is 76.4 Å². The summed E-state index contributed by atoms with van der Waals surface area (Å²) in [7, 11) is 0. The Balaban J connectivity index is 1.68. The molecule has 0 bridgehead atoms. The zero-order valence-electron chi connectivity index (χ0n) is 13.3. The molecular formula is C18H13FN4O2. The van der Waals surface area contributed by atoms with E-state index >= 15 is 0 Å². The van der Waals surface area contributed by atoms with Gasteiger partial charge in [0.15, 0.2) is 0 Å². The Hall–Kier alpha value is -3.35. The van der Waals surface area contributed by atoms with E-state index in [9.17, 15) is 9.18 Å². The van der Waals surface area contributed by atoms with Crippen molar-refractivity contribution in [3.63, 3.8) is 0 Å². The molecule has 0 spiro atoms. The highest BCUT2D eigenvalue weighted by Crippen LogP contribution is 2.20. The molecule has 0 N–H and O–H groups in total. The van der Waals surface area contributed by atoms with Gasteiger partial charge in [-0.3, -0.25) is 9.36 Å². The monoisotopic (exact) mass is 336 g/mol. The van der Waals surface area contributed by atoms with Crippen LogP contribution in [0.2, 0.25) is 0 Å². The molecule has 0 saturated heterocycles. The number of benzene rings is 2. The van der Waals surface area contributed by atoms with Crippen LogP contribution in [-0.4, -0.2) is 19.7 Å². The van der Waals surface area contributed by atoms with Crippen LogP contribution >= 0.6 is 0 Å². The summed E-state index contributed by atoms with van der Waals surface area (Å²) in [6.45, 7) is 2.06. The molecule has 0 aliphatic heterocycles. The number of hydrogen-bond donors (Lipinski definition) is 0. The molecule has 6 nitrogen and oxygen atoms in total. The predicted octanol–water partition coefficient (Wildman–Crippen LogP) is 2.94. The maximum atomic E-state index is 13.2. The second kappa shape index (κ2) is 5.94. The Kier molecular flexibility index (Phi) is 3.61. The third-order valence-electron chi connectivity index (χ3n) is 3.95. The number of aromatic nitrogens is 4. The lowest BCUT2D eigenvalue weighted by molar-refractivity contribution is 0.369. The number of halogens is 1. The maximum Gasteiger partial charge on any atom is 0.261 e. The van der Waals surface area contributed by atoms with Crippen LogP contribution in [-0.2, 0) is 6.54 Å². The van der Waals surface area contributed by atoms with E-state index in [-0.39, 0.29) is 12.1 Å². The van der Waals surface area contributed by atoms with Crippen LogP contribution in [0.1, 0.15) is 11.5 Å². The van der Waals surface area contributed by atoms with E-state index in [1.54, 1.807) is 0 Å². The highest BCUT2D eigenvalue weighted by Gasteiger charge is 2.12. The fraction of sp³-hybridized carbons (Fsp3) is 0.111. The third kappa shape index (κ3) is 2.80. The highest BCUT2D eigenvalue weighted by atomic mass is 19.1. The molecular weight excluding hydrogens is 323 g/mol. The average molecular weight is 336 g/mol. The quantitative estimate of drug-likeness (QED) is 0.575. The molecule has 0 atom stereocenters. The number of hydrogen-bond acceptors (Lipinski definition) is 5. The molecule has 25 heavy (non-hydrogen) atoms. The Morgan fingerprint density at radius 3 is 2.88 bits per heavy atom. The van der Waals surface area contributed by atoms with Crippen LogP contribution in [0.25, 0.3) is 22.3 Å². The first-order valence-corrected chi connectivity index (χ1v) is 7.65. The Morgan fingerprint density at radius 2 is 2.04 bits per heavy atom. The lowest BCUT2D eigenvalue weighted by atomic mass is 10.1. The van der Waals surface area contributed by atoms with Gasteiger partial charge >= 0.3 is 0 Å². The van der Waals surface area contributed by atoms with Gasteiger partial charge in [-0.1, -0.05) is 29.4 Å². The van der Waals surface area contributed by atoms with Crippen LogP contribution in [0.5, 0.6) is 0 Å². The molecule has 0 aliphatic rings. The molecule has 4 rings (SSSR count). The standard InChI is InChI=1S/C18H13FN4O2/c1-11-4-2-3-5-13(11)17-21-16(25-22-17)9-23-10-20-15-8-12(19)6-7-14(15)18(23)24/h2-8,10H,9H2,1H3. The SMILES string of the molecule is Cc1ccccc1-c1noc(Cn2cnc3cc(F)ccc3c2=O)n1. The van der Waals surface area contributed by atoms with Crippen molar-refractivity contribution >= 4 is 10.9 Å². The van der Waals surface area contributed by atoms with Crippen LogP contribution < -0.4 is 5.56 Å². The molecule has 2 aromatic carbocycles. The lowest BCUT2D eigenvalue weighted by Crippen LogP contribution is -2.21. The maximum absolute atomic E-state index is 13.2. The Morgan fingerprint density at radius 1 is 1.20 bits per heavy atom. The van der Waals surface area contributed by atoms with Crippen molar-refractivity contribution in [2.75, 3.05) is 0 Å². The molecule has 0 unspecified atom stereocenters. The van der Waals surface area contributed by atoms with Crippen molar-refractivity contribution in [1.82, 2.24) is 19.7 Å². The average Bonchev–Trinajstić information content (AvgIpc) is 3.06. The Labute approximate surface area is 141 Å². The highest BCUT2D eigenvalue weighted by molar-refractivity contribution is 5.77. The first-order chi connectivity index (χ1) is 12.1. The van der Waals surface area contributed by atoms with E-state index in [1.165, 1.54) is 29.1 Å². The summed E-state index contributed by atoms with van der Waals surface area (Å²) in [6, 6.07) is 11.6. The minimum absolute atomic E-state index is 0.0953. The van der Waals surface area contributed by atoms with Gasteiger partial charge < -0.3 is 4.52 Å². The van der Waals surface area contributed by atoms with Gasteiger partial charge in [-0.15, -0.1) is 0 Å². The van der Waals surface area contributed by atoms with E-state index in [0.717, 1.165) is 11.1 Å². The van der Waals surface area contributed by atoms with Crippen molar-refractivity contribution < 1.29 is 8.91 Å². The van der Waals surface area contributed by atoms with Gasteiger partial charge in [-0.25, -0.2) is 9.37 Å². The summed E-state index contributed by atoms with van der Waals surface area (Å²) < 4.78 is 19.8. The molecule has 0 aliphatic carbocycles. The molecule has 0 saturated carbocycles. The molecule has 2 heterocycles. The fourth-order valence-electron chi connectivity index (χ4n) is 2.64. The molecule has 0 fully saturated rings. The van der Waals surface area contributed by atoms with Crippen LogP contribution in [0.3, 0.4) is 0 Å². The van der Waals surface area contributed by atoms with Gasteiger partial charge in [-0.05, 0) is 24.6 Å². The normalized spacial score (nSPS) is 11.1. The first-order valence-electron chi connectivity index (χ1n) is 7.65. The summed E-state index contributed by atoms with van der Waals surface area (Å²) in [5.74, 6) is 0.331. The number of rotatable bonds is 3. The van der Waals surface area contributed by atoms with Gasteiger partial charge in [-0.2, -0.15) is 4.98 Å². The lowest BCUT2D eigenvalue weighted by Gasteiger charge is -2.03. The van der Waals surface area contributed by atoms with Crippen molar-refractivity contribution in [2.45, 2.75) is 13.5 Å². The molecule has 124 valence electrons. The fourth-order valence-corrected chi connectivity index (χ4v) is 2.64. The van der Waals surface area contributed by atoms with E-state index in [2.05, 4.69) is 15.1 Å². The summed E-state index contributed by atoms with van der Waals surface area (Å²) in [5, 5.41) is 4.31. The van der Waals surface area contributed by atoms with Crippen molar-refractivity contribution in [3.8, 4) is 11.4 Å². The third-order valence-corrected chi connectivity index (χ3v) is 3.95. The molecule has 4 aromatic rings. The molecule has 2 aromatic heterocycles. The minimum atomic E-state index is -0.433. The zero-order valence-corrected chi connectivity index (χ0v) is 13.3. The summed E-state index contributed by atoms with van der Waals surface area (Å²) in [6.07, 6.45) is 1.35. The largest absolute Gasteiger partial charge is 0.337 e. The van der Waals surface area contributed by atoms with Crippen molar-refractivity contribution in [2.24, 2.45) is 0 Å². The topological polar surface area (TPSA) is 73.8 Å². The minimum Gasteiger partial charge on any atom is -0.337 e. The van der Waals surface area contributed by atoms with Crippen LogP contribution in [0.15, 0.2) is 58.1 Å². The van der Waals surface area contributed by atoms with E-state index < -0.39 is 5.82 Å². The summed E-state index contributed by atoms with van der Waals surface area (Å²) in [5.41, 5.74) is 1.92. The van der Waals surface area contributed by atoms with E-state index in [0.29, 0.717) is 22.6 Å². The molecule has 0 radical (unpaired) electrons. The Bertz CT molecular complexity index is 1130. The first kappa shape index (κ1) is 15.2. The van der Waals surface area contributed by atoms with Gasteiger partial charge in [0, 0.05) is 11.6 Å². The number of nitrogens with zero attached hydrogens (tertiary/aromatic N) is 4. The van der Waals surface area contributed by atoms with E-state index in [1.807, 2.05) is 31.2 Å². The van der Waals surface area contributed by atoms with Crippen LogP contribution in [0.4, 0.5) is 4.39 Å². The molecule has 7 heteroatoms. The summed E-state index contributed by atoms with van der Waals surface area (Å²) in [4.78, 5) is 20.9. The molecule has 0 amide bonds. The van der Waals surface area contributed by atoms with Crippen LogP contribution in [0, 0.1) is 12.7 Å². The van der Waals surface area contributed by atoms with Gasteiger partial charge in [0.1, 0.15) is 12.4 Å². The van der Waals surface area contributed by atoms with Gasteiger partial charge in [0.05, 0.1) is 17.2 Å². The summed E-state index contributed by atoms with van der Waals surface area (Å²) >= 11 is 0. The van der Waals surface area contributed by atoms with Gasteiger partial charge in [0.25, 0.3) is 5.56 Å². The van der Waals surface area contributed by atoms with E-state index in [4.69, 9.17) is 4.52 Å². The zero-order chi connectivity index (χ0) is 17.4. The number of fused-ring (bicyclic) bond motifs is 1. The predicted molar refractivity (Wildman–Crippen MR) is 89.5 cm³/mol.